The highest BCUT2D eigenvalue weighted by molar-refractivity contribution is 8.00. The van der Waals surface area contributed by atoms with E-state index < -0.39 is 10.0 Å². The Balaban J connectivity index is 1.44. The zero-order chi connectivity index (χ0) is 24.5. The summed E-state index contributed by atoms with van der Waals surface area (Å²) < 4.78 is 27.2. The van der Waals surface area contributed by atoms with Crippen molar-refractivity contribution in [3.8, 4) is 0 Å². The van der Waals surface area contributed by atoms with Crippen LogP contribution in [0, 0.1) is 20.8 Å². The molecule has 0 spiro atoms. The topological polar surface area (TPSA) is 79.4 Å². The van der Waals surface area contributed by atoms with Crippen molar-refractivity contribution in [3.05, 3.63) is 59.2 Å². The molecule has 1 aliphatic heterocycles. The van der Waals surface area contributed by atoms with Crippen molar-refractivity contribution < 1.29 is 13.2 Å². The summed E-state index contributed by atoms with van der Waals surface area (Å²) in [6.45, 7) is 9.18. The molecule has 1 fully saturated rings. The lowest BCUT2D eigenvalue weighted by Crippen LogP contribution is -2.35. The third kappa shape index (κ3) is 5.29. The highest BCUT2D eigenvalue weighted by Gasteiger charge is 2.26. The third-order valence-corrected chi connectivity index (χ3v) is 9.10. The van der Waals surface area contributed by atoms with Crippen molar-refractivity contribution in [2.75, 3.05) is 18.4 Å². The van der Waals surface area contributed by atoms with Gasteiger partial charge in [-0.25, -0.2) is 13.4 Å². The van der Waals surface area contributed by atoms with Gasteiger partial charge in [0.25, 0.3) is 0 Å². The highest BCUT2D eigenvalue weighted by atomic mass is 32.2. The lowest BCUT2D eigenvalue weighted by atomic mass is 10.0. The summed E-state index contributed by atoms with van der Waals surface area (Å²) in [6.07, 6.45) is 2.86. The number of aryl methyl sites for hydroxylation is 3. The lowest BCUT2D eigenvalue weighted by Gasteiger charge is -2.25. The molecule has 1 aliphatic rings. The van der Waals surface area contributed by atoms with E-state index in [2.05, 4.69) is 38.2 Å². The Morgan fingerprint density at radius 1 is 1.00 bits per heavy atom. The van der Waals surface area contributed by atoms with E-state index in [9.17, 15) is 13.2 Å². The monoisotopic (exact) mass is 497 g/mol. The van der Waals surface area contributed by atoms with Crippen LogP contribution in [0.2, 0.25) is 0 Å². The molecule has 1 saturated heterocycles. The van der Waals surface area contributed by atoms with Crippen LogP contribution in [-0.4, -0.2) is 42.0 Å². The van der Waals surface area contributed by atoms with Crippen LogP contribution in [0.1, 0.15) is 42.9 Å². The van der Waals surface area contributed by atoms with Gasteiger partial charge in [0.05, 0.1) is 20.7 Å². The van der Waals surface area contributed by atoms with Crippen LogP contribution in [0.5, 0.6) is 0 Å². The minimum absolute atomic E-state index is 0.156. The summed E-state index contributed by atoms with van der Waals surface area (Å²) in [6, 6.07) is 12.7. The zero-order valence-corrected chi connectivity index (χ0v) is 21.7. The Kier molecular flexibility index (Phi) is 7.31. The first kappa shape index (κ1) is 24.7. The van der Waals surface area contributed by atoms with Gasteiger partial charge in [-0.15, -0.1) is 0 Å². The van der Waals surface area contributed by atoms with Gasteiger partial charge >= 0.3 is 0 Å². The Labute approximate surface area is 206 Å². The smallest absolute Gasteiger partial charge is 0.243 e. The van der Waals surface area contributed by atoms with E-state index in [1.54, 1.807) is 28.6 Å². The van der Waals surface area contributed by atoms with Crippen molar-refractivity contribution in [3.63, 3.8) is 0 Å². The molecule has 0 saturated carbocycles. The van der Waals surface area contributed by atoms with Crippen molar-refractivity contribution >= 4 is 44.3 Å². The number of nitrogens with zero attached hydrogens (tertiary/aromatic N) is 2. The van der Waals surface area contributed by atoms with Gasteiger partial charge in [-0.3, -0.25) is 4.79 Å². The van der Waals surface area contributed by atoms with Crippen LogP contribution in [0.4, 0.5) is 5.69 Å². The minimum Gasteiger partial charge on any atom is -0.325 e. The number of fused-ring (bicyclic) bond motifs is 1. The normalized spacial score (nSPS) is 15.9. The highest BCUT2D eigenvalue weighted by Crippen LogP contribution is 2.29. The Morgan fingerprint density at radius 3 is 2.35 bits per heavy atom. The number of piperidine rings is 1. The number of benzene rings is 2. The van der Waals surface area contributed by atoms with Gasteiger partial charge in [0.15, 0.2) is 0 Å². The number of carbonyl (C=O) groups excluding carboxylic acids is 1. The fourth-order valence-corrected chi connectivity index (χ4v) is 6.75. The number of hydrogen-bond donors (Lipinski definition) is 1. The van der Waals surface area contributed by atoms with Crippen molar-refractivity contribution in [2.45, 2.75) is 62.1 Å². The summed E-state index contributed by atoms with van der Waals surface area (Å²) in [5.41, 5.74) is 5.00. The van der Waals surface area contributed by atoms with Crippen LogP contribution in [-0.2, 0) is 14.8 Å². The Bertz CT molecular complexity index is 1320. The first-order valence-electron chi connectivity index (χ1n) is 11.6. The number of anilines is 1. The van der Waals surface area contributed by atoms with Crippen molar-refractivity contribution in [1.29, 1.82) is 0 Å². The van der Waals surface area contributed by atoms with Crippen LogP contribution in [0.3, 0.4) is 0 Å². The quantitative estimate of drug-likeness (QED) is 0.458. The maximum Gasteiger partial charge on any atom is 0.243 e. The minimum atomic E-state index is -3.48. The van der Waals surface area contributed by atoms with E-state index in [0.717, 1.165) is 46.3 Å². The van der Waals surface area contributed by atoms with E-state index in [1.165, 1.54) is 17.3 Å². The molecule has 2 aromatic carbocycles. The van der Waals surface area contributed by atoms with Gasteiger partial charge in [-0.05, 0) is 88.1 Å². The van der Waals surface area contributed by atoms with Crippen LogP contribution in [0.25, 0.3) is 10.9 Å². The second kappa shape index (κ2) is 10.1. The average Bonchev–Trinajstić information content (AvgIpc) is 2.81. The summed E-state index contributed by atoms with van der Waals surface area (Å²) in [7, 11) is -3.48. The van der Waals surface area contributed by atoms with E-state index in [4.69, 9.17) is 4.98 Å². The molecule has 1 unspecified atom stereocenters. The first-order valence-corrected chi connectivity index (χ1v) is 13.9. The van der Waals surface area contributed by atoms with E-state index in [-0.39, 0.29) is 16.1 Å². The fourth-order valence-electron chi connectivity index (χ4n) is 4.32. The number of carbonyl (C=O) groups is 1. The molecule has 1 atom stereocenters. The molecule has 1 aromatic heterocycles. The predicted molar refractivity (Wildman–Crippen MR) is 139 cm³/mol. The number of thioether (sulfide) groups is 1. The standard InChI is InChI=1S/C26H31N3O3S2/c1-17-14-19(3)25-23(15-17)18(2)16-24(28-25)33-20(4)26(30)27-21-8-10-22(11-9-21)34(31,32)29-12-6-5-7-13-29/h8-11,14-16,20H,5-7,12-13H2,1-4H3,(H,27,30). The number of amides is 1. The Hall–Kier alpha value is -2.42. The molecule has 3 aromatic rings. The molecule has 1 N–H and O–H groups in total. The summed E-state index contributed by atoms with van der Waals surface area (Å²) in [4.78, 5) is 17.9. The van der Waals surface area contributed by atoms with Crippen LogP contribution < -0.4 is 5.32 Å². The third-order valence-electron chi connectivity index (χ3n) is 6.17. The van der Waals surface area contributed by atoms with E-state index >= 15 is 0 Å². The number of sulfonamides is 1. The van der Waals surface area contributed by atoms with Crippen LogP contribution in [0.15, 0.2) is 52.4 Å². The second-order valence-electron chi connectivity index (χ2n) is 8.99. The van der Waals surface area contributed by atoms with Gasteiger partial charge < -0.3 is 5.32 Å². The molecule has 2 heterocycles. The molecule has 0 aliphatic carbocycles. The lowest BCUT2D eigenvalue weighted by molar-refractivity contribution is -0.115. The second-order valence-corrected chi connectivity index (χ2v) is 12.3. The summed E-state index contributed by atoms with van der Waals surface area (Å²) in [5.74, 6) is -0.156. The number of pyridine rings is 1. The van der Waals surface area contributed by atoms with Gasteiger partial charge in [0.2, 0.25) is 15.9 Å². The maximum atomic E-state index is 12.8. The molecule has 6 nitrogen and oxygen atoms in total. The molecule has 4 rings (SSSR count). The van der Waals surface area contributed by atoms with Gasteiger partial charge in [0.1, 0.15) is 0 Å². The van der Waals surface area contributed by atoms with Crippen LogP contribution >= 0.6 is 11.8 Å². The first-order chi connectivity index (χ1) is 16.1. The maximum absolute atomic E-state index is 12.8. The molecular weight excluding hydrogens is 466 g/mol. The average molecular weight is 498 g/mol. The van der Waals surface area contributed by atoms with Crippen molar-refractivity contribution in [2.24, 2.45) is 0 Å². The molecule has 1 amide bonds. The SMILES string of the molecule is Cc1cc(C)c2nc(SC(C)C(=O)Nc3ccc(S(=O)(=O)N4CCCCC4)cc3)cc(C)c2c1. The number of aromatic nitrogens is 1. The molecular formula is C26H31N3O3S2. The van der Waals surface area contributed by atoms with Crippen molar-refractivity contribution in [1.82, 2.24) is 9.29 Å². The summed E-state index contributed by atoms with van der Waals surface area (Å²) >= 11 is 1.41. The number of rotatable bonds is 6. The largest absolute Gasteiger partial charge is 0.325 e. The zero-order valence-electron chi connectivity index (χ0n) is 20.1. The fraction of sp³-hybridized carbons (Fsp3) is 0.385. The summed E-state index contributed by atoms with van der Waals surface area (Å²) in [5, 5.41) is 4.47. The molecule has 180 valence electrons. The van der Waals surface area contributed by atoms with E-state index in [1.807, 2.05) is 13.0 Å². The van der Waals surface area contributed by atoms with Gasteiger partial charge in [-0.1, -0.05) is 29.8 Å². The molecule has 8 heteroatoms. The number of hydrogen-bond acceptors (Lipinski definition) is 5. The molecule has 0 radical (unpaired) electrons. The Morgan fingerprint density at radius 2 is 1.68 bits per heavy atom. The molecule has 34 heavy (non-hydrogen) atoms. The van der Waals surface area contributed by atoms with Gasteiger partial charge in [0, 0.05) is 24.2 Å². The van der Waals surface area contributed by atoms with Gasteiger partial charge in [-0.2, -0.15) is 4.31 Å². The molecule has 0 bridgehead atoms. The predicted octanol–water partition coefficient (Wildman–Crippen LogP) is 5.45. The number of nitrogens with one attached hydrogen (secondary N) is 1. The van der Waals surface area contributed by atoms with E-state index in [0.29, 0.717) is 18.8 Å².